The topological polar surface area (TPSA) is 95.9 Å². The van der Waals surface area contributed by atoms with Gasteiger partial charge in [0.1, 0.15) is 29.7 Å². The van der Waals surface area contributed by atoms with Gasteiger partial charge in [-0.2, -0.15) is 0 Å². The fourth-order valence-corrected chi connectivity index (χ4v) is 3.61. The van der Waals surface area contributed by atoms with Crippen molar-refractivity contribution < 1.29 is 28.9 Å². The molecule has 172 valence electrons. The third-order valence-electron chi connectivity index (χ3n) is 5.42. The van der Waals surface area contributed by atoms with E-state index in [9.17, 15) is 24.2 Å². The molecule has 6 nitrogen and oxygen atoms in total. The minimum Gasteiger partial charge on any atom is -0.508 e. The SMILES string of the molecule is Cc1c(O)cc(CC(=O)COc2ccc(NC(=O)c3cccc(F)c3)c3ccccc23)cc1O. The molecule has 0 heterocycles. The molecule has 0 aromatic heterocycles. The number of anilines is 1. The van der Waals surface area contributed by atoms with E-state index in [1.54, 1.807) is 19.1 Å². The van der Waals surface area contributed by atoms with E-state index in [0.29, 0.717) is 33.3 Å². The molecule has 0 unspecified atom stereocenters. The van der Waals surface area contributed by atoms with Crippen molar-refractivity contribution >= 4 is 28.2 Å². The van der Waals surface area contributed by atoms with Gasteiger partial charge < -0.3 is 20.3 Å². The summed E-state index contributed by atoms with van der Waals surface area (Å²) >= 11 is 0. The molecule has 0 saturated carbocycles. The van der Waals surface area contributed by atoms with Gasteiger partial charge in [-0.15, -0.1) is 0 Å². The molecule has 0 bridgehead atoms. The minimum absolute atomic E-state index is 0.0128. The van der Waals surface area contributed by atoms with Gasteiger partial charge in [0.2, 0.25) is 0 Å². The first kappa shape index (κ1) is 22.8. The third kappa shape index (κ3) is 4.99. The Balaban J connectivity index is 1.50. The minimum atomic E-state index is -0.498. The van der Waals surface area contributed by atoms with E-state index < -0.39 is 11.7 Å². The predicted octanol–water partition coefficient (Wildman–Crippen LogP) is 5.14. The first-order valence-electron chi connectivity index (χ1n) is 10.6. The molecule has 0 atom stereocenters. The quantitative estimate of drug-likeness (QED) is 0.356. The maximum atomic E-state index is 13.5. The highest BCUT2D eigenvalue weighted by atomic mass is 19.1. The zero-order chi connectivity index (χ0) is 24.2. The number of phenolic OH excluding ortho intramolecular Hbond substituents is 2. The van der Waals surface area contributed by atoms with Gasteiger partial charge in [-0.3, -0.25) is 9.59 Å². The maximum Gasteiger partial charge on any atom is 0.255 e. The number of nitrogens with one attached hydrogen (secondary N) is 1. The summed E-state index contributed by atoms with van der Waals surface area (Å²) < 4.78 is 19.2. The van der Waals surface area contributed by atoms with Crippen LogP contribution < -0.4 is 10.1 Å². The number of Topliss-reactive ketones (excluding diaryl/α,β-unsaturated/α-hetero) is 1. The second-order valence-electron chi connectivity index (χ2n) is 7.88. The van der Waals surface area contributed by atoms with Crippen molar-refractivity contribution in [2.75, 3.05) is 11.9 Å². The Morgan fingerprint density at radius 1 is 0.912 bits per heavy atom. The first-order chi connectivity index (χ1) is 16.3. The van der Waals surface area contributed by atoms with Crippen molar-refractivity contribution in [2.45, 2.75) is 13.3 Å². The van der Waals surface area contributed by atoms with Crippen LogP contribution in [0.1, 0.15) is 21.5 Å². The van der Waals surface area contributed by atoms with Gasteiger partial charge in [0.05, 0.1) is 0 Å². The molecule has 4 rings (SSSR count). The molecule has 0 saturated heterocycles. The lowest BCUT2D eigenvalue weighted by atomic mass is 10.1. The average Bonchev–Trinajstić information content (AvgIpc) is 2.82. The number of halogens is 1. The van der Waals surface area contributed by atoms with Crippen LogP contribution in [0, 0.1) is 12.7 Å². The zero-order valence-corrected chi connectivity index (χ0v) is 18.3. The number of fused-ring (bicyclic) bond motifs is 1. The standard InChI is InChI=1S/C27H22FNO5/c1-16-24(31)12-17(13-25(16)32)11-20(30)15-34-26-10-9-23(21-7-2-3-8-22(21)26)29-27(33)18-5-4-6-19(28)14-18/h2-10,12-14,31-32H,11,15H2,1H3,(H,29,33). The van der Waals surface area contributed by atoms with E-state index >= 15 is 0 Å². The van der Waals surface area contributed by atoms with Gasteiger partial charge in [0.15, 0.2) is 5.78 Å². The van der Waals surface area contributed by atoms with E-state index in [-0.39, 0.29) is 35.9 Å². The number of aromatic hydroxyl groups is 2. The zero-order valence-electron chi connectivity index (χ0n) is 18.3. The number of ether oxygens (including phenoxy) is 1. The highest BCUT2D eigenvalue weighted by Gasteiger charge is 2.14. The first-order valence-corrected chi connectivity index (χ1v) is 10.6. The number of ketones is 1. The van der Waals surface area contributed by atoms with Crippen molar-refractivity contribution in [2.24, 2.45) is 0 Å². The molecular weight excluding hydrogens is 437 g/mol. The highest BCUT2D eigenvalue weighted by Crippen LogP contribution is 2.32. The number of benzene rings is 4. The Morgan fingerprint density at radius 2 is 1.62 bits per heavy atom. The summed E-state index contributed by atoms with van der Waals surface area (Å²) in [5, 5.41) is 23.9. The molecule has 0 aliphatic heterocycles. The van der Waals surface area contributed by atoms with E-state index in [0.717, 1.165) is 6.07 Å². The molecule has 7 heteroatoms. The Hall–Kier alpha value is -4.39. The van der Waals surface area contributed by atoms with Crippen molar-refractivity contribution in [3.8, 4) is 17.2 Å². The molecule has 0 radical (unpaired) electrons. The van der Waals surface area contributed by atoms with Crippen molar-refractivity contribution in [1.29, 1.82) is 0 Å². The third-order valence-corrected chi connectivity index (χ3v) is 5.42. The van der Waals surface area contributed by atoms with Gasteiger partial charge in [-0.1, -0.05) is 30.3 Å². The van der Waals surface area contributed by atoms with Gasteiger partial charge in [-0.05, 0) is 55.0 Å². The molecule has 0 aliphatic rings. The van der Waals surface area contributed by atoms with Crippen LogP contribution in [0.25, 0.3) is 10.8 Å². The number of rotatable bonds is 7. The summed E-state index contributed by atoms with van der Waals surface area (Å²) in [6.45, 7) is 1.36. The van der Waals surface area contributed by atoms with E-state index in [4.69, 9.17) is 4.74 Å². The fourth-order valence-electron chi connectivity index (χ4n) is 3.61. The Bertz CT molecular complexity index is 1380. The molecule has 4 aromatic rings. The fraction of sp³-hybridized carbons (Fsp3) is 0.111. The summed E-state index contributed by atoms with van der Waals surface area (Å²) in [6.07, 6.45) is -0.0128. The van der Waals surface area contributed by atoms with Crippen LogP contribution in [0.2, 0.25) is 0 Å². The largest absolute Gasteiger partial charge is 0.508 e. The van der Waals surface area contributed by atoms with Gasteiger partial charge >= 0.3 is 0 Å². The van der Waals surface area contributed by atoms with Crippen LogP contribution in [-0.2, 0) is 11.2 Å². The average molecular weight is 459 g/mol. The highest BCUT2D eigenvalue weighted by molar-refractivity contribution is 6.10. The number of carbonyl (C=O) groups is 2. The second kappa shape index (κ2) is 9.62. The predicted molar refractivity (Wildman–Crippen MR) is 127 cm³/mol. The van der Waals surface area contributed by atoms with Crippen LogP contribution in [0.4, 0.5) is 10.1 Å². The van der Waals surface area contributed by atoms with Gasteiger partial charge in [-0.25, -0.2) is 4.39 Å². The van der Waals surface area contributed by atoms with Crippen molar-refractivity contribution in [1.82, 2.24) is 0 Å². The molecule has 34 heavy (non-hydrogen) atoms. The van der Waals surface area contributed by atoms with Crippen molar-refractivity contribution in [3.05, 3.63) is 95.3 Å². The number of hydrogen-bond acceptors (Lipinski definition) is 5. The number of amides is 1. The summed E-state index contributed by atoms with van der Waals surface area (Å²) in [4.78, 5) is 25.0. The van der Waals surface area contributed by atoms with Gasteiger partial charge in [0, 0.05) is 34.0 Å². The Labute approximate surface area is 195 Å². The summed E-state index contributed by atoms with van der Waals surface area (Å²) in [7, 11) is 0. The Kier molecular flexibility index (Phi) is 6.45. The lowest BCUT2D eigenvalue weighted by Crippen LogP contribution is -2.14. The van der Waals surface area contributed by atoms with E-state index in [2.05, 4.69) is 5.32 Å². The molecule has 0 fully saturated rings. The van der Waals surface area contributed by atoms with Crippen LogP contribution in [0.3, 0.4) is 0 Å². The summed E-state index contributed by atoms with van der Waals surface area (Å²) in [6, 6.07) is 18.9. The lowest BCUT2D eigenvalue weighted by Gasteiger charge is -2.13. The van der Waals surface area contributed by atoms with Crippen LogP contribution >= 0.6 is 0 Å². The lowest BCUT2D eigenvalue weighted by molar-refractivity contribution is -0.120. The normalized spacial score (nSPS) is 10.8. The number of hydrogen-bond donors (Lipinski definition) is 3. The number of phenols is 2. The smallest absolute Gasteiger partial charge is 0.255 e. The Morgan fingerprint density at radius 3 is 2.32 bits per heavy atom. The maximum absolute atomic E-state index is 13.5. The molecular formula is C27H22FNO5. The molecule has 3 N–H and O–H groups in total. The van der Waals surface area contributed by atoms with Crippen molar-refractivity contribution in [3.63, 3.8) is 0 Å². The van der Waals surface area contributed by atoms with Crippen LogP contribution in [0.5, 0.6) is 17.2 Å². The molecule has 0 spiro atoms. The second-order valence-corrected chi connectivity index (χ2v) is 7.88. The molecule has 4 aromatic carbocycles. The molecule has 1 amide bonds. The van der Waals surface area contributed by atoms with E-state index in [1.165, 1.54) is 30.3 Å². The van der Waals surface area contributed by atoms with Crippen LogP contribution in [-0.4, -0.2) is 28.5 Å². The summed E-state index contributed by atoms with van der Waals surface area (Å²) in [5.74, 6) is -0.881. The van der Waals surface area contributed by atoms with Crippen LogP contribution in [0.15, 0.2) is 72.8 Å². The monoisotopic (exact) mass is 459 g/mol. The van der Waals surface area contributed by atoms with Gasteiger partial charge in [0.25, 0.3) is 5.91 Å². The van der Waals surface area contributed by atoms with E-state index in [1.807, 2.05) is 24.3 Å². The molecule has 0 aliphatic carbocycles. The number of carbonyl (C=O) groups excluding carboxylic acids is 2. The summed E-state index contributed by atoms with van der Waals surface area (Å²) in [5.41, 5.74) is 1.55.